The maximum absolute atomic E-state index is 9.84. The number of nitrogens with one attached hydrogen (secondary N) is 1. The van der Waals surface area contributed by atoms with E-state index in [-0.39, 0.29) is 0 Å². The van der Waals surface area contributed by atoms with Crippen LogP contribution in [-0.2, 0) is 0 Å². The minimum absolute atomic E-state index is 0.412. The Morgan fingerprint density at radius 3 is 2.88 bits per heavy atom. The van der Waals surface area contributed by atoms with Crippen molar-refractivity contribution in [2.24, 2.45) is 0 Å². The zero-order valence-electron chi connectivity index (χ0n) is 9.48. The first-order valence-corrected chi connectivity index (χ1v) is 6.17. The molecule has 1 atom stereocenters. The number of aryl methyl sites for hydroxylation is 1. The second-order valence-electron chi connectivity index (χ2n) is 3.90. The van der Waals surface area contributed by atoms with E-state index in [0.29, 0.717) is 12.3 Å². The molecule has 0 aliphatic heterocycles. The molecule has 0 radical (unpaired) electrons. The van der Waals surface area contributed by atoms with Crippen molar-refractivity contribution >= 4 is 21.6 Å². The monoisotopic (exact) mass is 295 g/mol. The maximum atomic E-state index is 9.84. The summed E-state index contributed by atoms with van der Waals surface area (Å²) in [4.78, 5) is 0. The fourth-order valence-electron chi connectivity index (χ4n) is 1.55. The third-order valence-corrected chi connectivity index (χ3v) is 3.14. The Labute approximate surface area is 109 Å². The van der Waals surface area contributed by atoms with Crippen LogP contribution in [0, 0.1) is 6.92 Å². The van der Waals surface area contributed by atoms with E-state index in [1.54, 1.807) is 18.4 Å². The van der Waals surface area contributed by atoms with Crippen LogP contribution in [-0.4, -0.2) is 11.7 Å². The van der Waals surface area contributed by atoms with Gasteiger partial charge in [-0.15, -0.1) is 0 Å². The Bertz CT molecular complexity index is 482. The van der Waals surface area contributed by atoms with Gasteiger partial charge >= 0.3 is 0 Å². The normalized spacial score (nSPS) is 12.4. The number of aliphatic hydroxyl groups is 1. The van der Waals surface area contributed by atoms with Crippen LogP contribution in [0.15, 0.2) is 45.5 Å². The summed E-state index contributed by atoms with van der Waals surface area (Å²) in [6.07, 6.45) is 0.915. The largest absolute Gasteiger partial charge is 0.467 e. The Morgan fingerprint density at radius 1 is 1.41 bits per heavy atom. The second-order valence-corrected chi connectivity index (χ2v) is 4.75. The lowest BCUT2D eigenvalue weighted by atomic mass is 10.2. The predicted molar refractivity (Wildman–Crippen MR) is 71.0 cm³/mol. The van der Waals surface area contributed by atoms with Crippen LogP contribution in [0.25, 0.3) is 0 Å². The number of hydrogen-bond acceptors (Lipinski definition) is 3. The number of hydrogen-bond donors (Lipinski definition) is 2. The topological polar surface area (TPSA) is 45.4 Å². The Kier molecular flexibility index (Phi) is 3.86. The van der Waals surface area contributed by atoms with E-state index < -0.39 is 6.10 Å². The van der Waals surface area contributed by atoms with Gasteiger partial charge in [-0.1, -0.05) is 6.07 Å². The summed E-state index contributed by atoms with van der Waals surface area (Å²) in [6, 6.07) is 9.55. The van der Waals surface area contributed by atoms with Crippen LogP contribution in [0.3, 0.4) is 0 Å². The molecule has 2 N–H and O–H groups in total. The minimum Gasteiger partial charge on any atom is -0.467 e. The van der Waals surface area contributed by atoms with E-state index in [1.807, 2.05) is 25.1 Å². The molecule has 17 heavy (non-hydrogen) atoms. The van der Waals surface area contributed by atoms with Crippen molar-refractivity contribution in [3.05, 3.63) is 52.4 Å². The Morgan fingerprint density at radius 2 is 2.24 bits per heavy atom. The smallest absolute Gasteiger partial charge is 0.134 e. The lowest BCUT2D eigenvalue weighted by Gasteiger charge is -2.12. The average Bonchev–Trinajstić information content (AvgIpc) is 2.81. The van der Waals surface area contributed by atoms with Gasteiger partial charge in [0, 0.05) is 16.7 Å². The number of halogens is 1. The predicted octanol–water partition coefficient (Wildman–Crippen LogP) is 3.50. The third-order valence-electron chi connectivity index (χ3n) is 2.48. The molecule has 2 aromatic rings. The zero-order chi connectivity index (χ0) is 12.3. The molecule has 0 bridgehead atoms. The first-order valence-electron chi connectivity index (χ1n) is 5.38. The molecule has 2 rings (SSSR count). The van der Waals surface area contributed by atoms with Gasteiger partial charge in [0.1, 0.15) is 11.9 Å². The van der Waals surface area contributed by atoms with Crippen LogP contribution in [0.1, 0.15) is 17.4 Å². The van der Waals surface area contributed by atoms with Crippen LogP contribution in [0.2, 0.25) is 0 Å². The lowest BCUT2D eigenvalue weighted by Crippen LogP contribution is -2.11. The van der Waals surface area contributed by atoms with E-state index in [0.717, 1.165) is 10.2 Å². The lowest BCUT2D eigenvalue weighted by molar-refractivity contribution is 0.162. The van der Waals surface area contributed by atoms with Crippen molar-refractivity contribution in [2.45, 2.75) is 13.0 Å². The molecule has 4 heteroatoms. The molecule has 3 nitrogen and oxygen atoms in total. The summed E-state index contributed by atoms with van der Waals surface area (Å²) in [7, 11) is 0. The second kappa shape index (κ2) is 5.38. The molecule has 0 aliphatic carbocycles. The molecular weight excluding hydrogens is 282 g/mol. The molecule has 1 unspecified atom stereocenters. The highest BCUT2D eigenvalue weighted by Crippen LogP contribution is 2.24. The van der Waals surface area contributed by atoms with Crippen molar-refractivity contribution in [1.82, 2.24) is 0 Å². The van der Waals surface area contributed by atoms with Gasteiger partial charge in [-0.05, 0) is 52.7 Å². The van der Waals surface area contributed by atoms with Gasteiger partial charge in [0.25, 0.3) is 0 Å². The first kappa shape index (κ1) is 12.2. The van der Waals surface area contributed by atoms with Gasteiger partial charge in [0.15, 0.2) is 0 Å². The van der Waals surface area contributed by atoms with Crippen molar-refractivity contribution in [3.63, 3.8) is 0 Å². The van der Waals surface area contributed by atoms with E-state index in [9.17, 15) is 5.11 Å². The van der Waals surface area contributed by atoms with Crippen LogP contribution >= 0.6 is 15.9 Å². The standard InChI is InChI=1S/C13H14BrNO2/c1-9-4-5-11(10(14)7-9)15-8-12(16)13-3-2-6-17-13/h2-7,12,15-16H,8H2,1H3. The molecule has 90 valence electrons. The summed E-state index contributed by atoms with van der Waals surface area (Å²) in [5.74, 6) is 0.570. The molecule has 0 saturated heterocycles. The molecule has 1 heterocycles. The average molecular weight is 296 g/mol. The molecular formula is C13H14BrNO2. The van der Waals surface area contributed by atoms with Crippen LogP contribution < -0.4 is 5.32 Å². The number of aliphatic hydroxyl groups excluding tert-OH is 1. The van der Waals surface area contributed by atoms with Gasteiger partial charge in [0.05, 0.1) is 6.26 Å². The van der Waals surface area contributed by atoms with Crippen molar-refractivity contribution < 1.29 is 9.52 Å². The van der Waals surface area contributed by atoms with E-state index in [1.165, 1.54) is 5.56 Å². The van der Waals surface area contributed by atoms with E-state index >= 15 is 0 Å². The molecule has 0 spiro atoms. The molecule has 0 amide bonds. The fourth-order valence-corrected chi connectivity index (χ4v) is 2.19. The highest BCUT2D eigenvalue weighted by Gasteiger charge is 2.10. The zero-order valence-corrected chi connectivity index (χ0v) is 11.1. The summed E-state index contributed by atoms with van der Waals surface area (Å²) in [5, 5.41) is 13.0. The van der Waals surface area contributed by atoms with Gasteiger partial charge in [-0.25, -0.2) is 0 Å². The van der Waals surface area contributed by atoms with Crippen molar-refractivity contribution in [1.29, 1.82) is 0 Å². The minimum atomic E-state index is -0.641. The highest BCUT2D eigenvalue weighted by molar-refractivity contribution is 9.10. The number of anilines is 1. The number of furan rings is 1. The van der Waals surface area contributed by atoms with Gasteiger partial charge in [-0.3, -0.25) is 0 Å². The summed E-state index contributed by atoms with van der Waals surface area (Å²) < 4.78 is 6.12. The Balaban J connectivity index is 1.98. The first-order chi connectivity index (χ1) is 8.16. The van der Waals surface area contributed by atoms with Crippen molar-refractivity contribution in [2.75, 3.05) is 11.9 Å². The maximum Gasteiger partial charge on any atom is 0.134 e. The summed E-state index contributed by atoms with van der Waals surface area (Å²) >= 11 is 3.48. The van der Waals surface area contributed by atoms with E-state index in [4.69, 9.17) is 4.42 Å². The van der Waals surface area contributed by atoms with Gasteiger partial charge in [-0.2, -0.15) is 0 Å². The summed E-state index contributed by atoms with van der Waals surface area (Å²) in [6.45, 7) is 2.45. The quantitative estimate of drug-likeness (QED) is 0.907. The molecule has 0 fully saturated rings. The van der Waals surface area contributed by atoms with Crippen LogP contribution in [0.4, 0.5) is 5.69 Å². The van der Waals surface area contributed by atoms with Gasteiger partial charge < -0.3 is 14.8 Å². The highest BCUT2D eigenvalue weighted by atomic mass is 79.9. The molecule has 0 aliphatic rings. The third kappa shape index (κ3) is 3.11. The van der Waals surface area contributed by atoms with Gasteiger partial charge in [0.2, 0.25) is 0 Å². The number of rotatable bonds is 4. The summed E-state index contributed by atoms with van der Waals surface area (Å²) in [5.41, 5.74) is 2.15. The molecule has 1 aromatic heterocycles. The van der Waals surface area contributed by atoms with E-state index in [2.05, 4.69) is 21.2 Å². The fraction of sp³-hybridized carbons (Fsp3) is 0.231. The molecule has 0 saturated carbocycles. The molecule has 1 aromatic carbocycles. The Hall–Kier alpha value is -1.26. The number of benzene rings is 1. The van der Waals surface area contributed by atoms with Crippen molar-refractivity contribution in [3.8, 4) is 0 Å². The van der Waals surface area contributed by atoms with Crippen LogP contribution in [0.5, 0.6) is 0 Å². The SMILES string of the molecule is Cc1ccc(NCC(O)c2ccco2)c(Br)c1.